The van der Waals surface area contributed by atoms with Crippen LogP contribution in [0.25, 0.3) is 11.1 Å². The Balaban J connectivity index is 2.00. The van der Waals surface area contributed by atoms with Crippen LogP contribution in [0.5, 0.6) is 0 Å². The molecule has 4 nitrogen and oxygen atoms in total. The molecule has 3 aromatic rings. The SMILES string of the molecule is CC(C)c1ccc(-c2ccccc2Cn2cccc(C(=O)O)c2=O)cc1. The molecule has 0 amide bonds. The summed E-state index contributed by atoms with van der Waals surface area (Å²) < 4.78 is 1.44. The molecule has 0 radical (unpaired) electrons. The number of carbonyl (C=O) groups is 1. The van der Waals surface area contributed by atoms with Crippen LogP contribution in [-0.2, 0) is 6.54 Å². The summed E-state index contributed by atoms with van der Waals surface area (Å²) in [6, 6.07) is 19.2. The van der Waals surface area contributed by atoms with Crippen molar-refractivity contribution < 1.29 is 9.90 Å². The molecule has 0 aliphatic heterocycles. The first-order chi connectivity index (χ1) is 12.5. The quantitative estimate of drug-likeness (QED) is 0.745. The number of pyridine rings is 1. The zero-order chi connectivity index (χ0) is 18.7. The maximum absolute atomic E-state index is 12.4. The number of hydrogen-bond donors (Lipinski definition) is 1. The third-order valence-corrected chi connectivity index (χ3v) is 4.50. The third-order valence-electron chi connectivity index (χ3n) is 4.50. The summed E-state index contributed by atoms with van der Waals surface area (Å²) in [5.74, 6) is -0.737. The molecular formula is C22H21NO3. The second-order valence-electron chi connectivity index (χ2n) is 6.59. The Morgan fingerprint density at radius 3 is 2.35 bits per heavy atom. The summed E-state index contributed by atoms with van der Waals surface area (Å²) in [4.78, 5) is 23.6. The van der Waals surface area contributed by atoms with Crippen LogP contribution >= 0.6 is 0 Å². The first-order valence-electron chi connectivity index (χ1n) is 8.58. The smallest absolute Gasteiger partial charge is 0.341 e. The van der Waals surface area contributed by atoms with Gasteiger partial charge in [0, 0.05) is 6.20 Å². The van der Waals surface area contributed by atoms with E-state index in [-0.39, 0.29) is 5.56 Å². The van der Waals surface area contributed by atoms with Crippen LogP contribution in [0.2, 0.25) is 0 Å². The molecule has 0 spiro atoms. The Morgan fingerprint density at radius 1 is 1.00 bits per heavy atom. The van der Waals surface area contributed by atoms with Crippen molar-refractivity contribution in [3.8, 4) is 11.1 Å². The average molecular weight is 347 g/mol. The lowest BCUT2D eigenvalue weighted by atomic mass is 9.96. The van der Waals surface area contributed by atoms with E-state index < -0.39 is 11.5 Å². The Morgan fingerprint density at radius 2 is 1.69 bits per heavy atom. The number of nitrogens with zero attached hydrogens (tertiary/aromatic N) is 1. The van der Waals surface area contributed by atoms with Crippen LogP contribution < -0.4 is 5.56 Å². The lowest BCUT2D eigenvalue weighted by molar-refractivity contribution is 0.0694. The summed E-state index contributed by atoms with van der Waals surface area (Å²) >= 11 is 0. The highest BCUT2D eigenvalue weighted by molar-refractivity contribution is 5.87. The molecule has 0 saturated heterocycles. The van der Waals surface area contributed by atoms with E-state index in [9.17, 15) is 9.59 Å². The van der Waals surface area contributed by atoms with Crippen LogP contribution in [0.1, 0.15) is 41.3 Å². The molecule has 0 atom stereocenters. The average Bonchev–Trinajstić information content (AvgIpc) is 2.64. The second kappa shape index (κ2) is 7.40. The molecule has 26 heavy (non-hydrogen) atoms. The standard InChI is InChI=1S/C22H21NO3/c1-15(2)16-9-11-17(12-10-16)19-7-4-3-6-18(19)14-23-13-5-8-20(21(23)24)22(25)26/h3-13,15H,14H2,1-2H3,(H,25,26). The second-order valence-corrected chi connectivity index (χ2v) is 6.59. The van der Waals surface area contributed by atoms with E-state index in [1.54, 1.807) is 12.3 Å². The Bertz CT molecular complexity index is 985. The zero-order valence-electron chi connectivity index (χ0n) is 14.8. The third kappa shape index (κ3) is 3.59. The fourth-order valence-electron chi connectivity index (χ4n) is 3.00. The van der Waals surface area contributed by atoms with Crippen molar-refractivity contribution in [3.05, 3.63) is 93.9 Å². The Kier molecular flexibility index (Phi) is 5.03. The molecule has 2 aromatic carbocycles. The summed E-state index contributed by atoms with van der Waals surface area (Å²) in [7, 11) is 0. The van der Waals surface area contributed by atoms with Gasteiger partial charge in [0.05, 0.1) is 6.54 Å². The molecule has 4 heteroatoms. The van der Waals surface area contributed by atoms with Crippen LogP contribution in [0.15, 0.2) is 71.7 Å². The van der Waals surface area contributed by atoms with Crippen molar-refractivity contribution in [2.24, 2.45) is 0 Å². The number of aromatic nitrogens is 1. The van der Waals surface area contributed by atoms with Gasteiger partial charge in [0.25, 0.3) is 5.56 Å². The number of carboxylic acid groups (broad SMARTS) is 1. The lowest BCUT2D eigenvalue weighted by Gasteiger charge is -2.13. The zero-order valence-corrected chi connectivity index (χ0v) is 14.8. The van der Waals surface area contributed by atoms with Crippen molar-refractivity contribution in [1.29, 1.82) is 0 Å². The predicted molar refractivity (Wildman–Crippen MR) is 103 cm³/mol. The van der Waals surface area contributed by atoms with E-state index in [1.165, 1.54) is 16.2 Å². The van der Waals surface area contributed by atoms with Crippen molar-refractivity contribution >= 4 is 5.97 Å². The topological polar surface area (TPSA) is 59.3 Å². The number of aromatic carboxylic acids is 1. The number of rotatable bonds is 5. The number of benzene rings is 2. The fourth-order valence-corrected chi connectivity index (χ4v) is 3.00. The molecule has 0 saturated carbocycles. The van der Waals surface area contributed by atoms with Gasteiger partial charge in [-0.25, -0.2) is 4.79 Å². The number of carboxylic acids is 1. The molecular weight excluding hydrogens is 326 g/mol. The van der Waals surface area contributed by atoms with Crippen LogP contribution in [0.4, 0.5) is 0 Å². The van der Waals surface area contributed by atoms with Crippen molar-refractivity contribution in [2.75, 3.05) is 0 Å². The van der Waals surface area contributed by atoms with Crippen molar-refractivity contribution in [1.82, 2.24) is 4.57 Å². The molecule has 0 fully saturated rings. The summed E-state index contributed by atoms with van der Waals surface area (Å²) in [6.45, 7) is 4.64. The minimum absolute atomic E-state index is 0.216. The van der Waals surface area contributed by atoms with Crippen LogP contribution in [0.3, 0.4) is 0 Å². The van der Waals surface area contributed by atoms with E-state index in [0.29, 0.717) is 12.5 Å². The molecule has 3 rings (SSSR count). The van der Waals surface area contributed by atoms with Gasteiger partial charge in [-0.05, 0) is 40.3 Å². The monoisotopic (exact) mass is 347 g/mol. The molecule has 1 heterocycles. The van der Waals surface area contributed by atoms with Gasteiger partial charge in [0.2, 0.25) is 0 Å². The van der Waals surface area contributed by atoms with Gasteiger partial charge in [-0.1, -0.05) is 62.4 Å². The van der Waals surface area contributed by atoms with E-state index in [4.69, 9.17) is 5.11 Å². The van der Waals surface area contributed by atoms with E-state index in [2.05, 4.69) is 38.1 Å². The first-order valence-corrected chi connectivity index (χ1v) is 8.58. The minimum atomic E-state index is -1.21. The molecule has 0 bridgehead atoms. The van der Waals surface area contributed by atoms with Gasteiger partial charge in [-0.3, -0.25) is 4.79 Å². The van der Waals surface area contributed by atoms with Gasteiger partial charge in [0.15, 0.2) is 0 Å². The largest absolute Gasteiger partial charge is 0.477 e. The first kappa shape index (κ1) is 17.7. The van der Waals surface area contributed by atoms with Gasteiger partial charge >= 0.3 is 5.97 Å². The molecule has 0 unspecified atom stereocenters. The highest BCUT2D eigenvalue weighted by Crippen LogP contribution is 2.26. The summed E-state index contributed by atoms with van der Waals surface area (Å²) in [5.41, 5.74) is 3.64. The maximum atomic E-state index is 12.4. The molecule has 132 valence electrons. The Hall–Kier alpha value is -3.14. The van der Waals surface area contributed by atoms with Crippen LogP contribution in [-0.4, -0.2) is 15.6 Å². The minimum Gasteiger partial charge on any atom is -0.477 e. The highest BCUT2D eigenvalue weighted by atomic mass is 16.4. The van der Waals surface area contributed by atoms with Gasteiger partial charge in [-0.2, -0.15) is 0 Å². The lowest BCUT2D eigenvalue weighted by Crippen LogP contribution is -2.26. The van der Waals surface area contributed by atoms with Crippen molar-refractivity contribution in [3.63, 3.8) is 0 Å². The van der Waals surface area contributed by atoms with E-state index in [1.807, 2.05) is 24.3 Å². The molecule has 0 aliphatic carbocycles. The molecule has 0 aliphatic rings. The van der Waals surface area contributed by atoms with Gasteiger partial charge < -0.3 is 9.67 Å². The predicted octanol–water partition coefficient (Wildman–Crippen LogP) is 4.39. The molecule has 1 aromatic heterocycles. The maximum Gasteiger partial charge on any atom is 0.341 e. The summed E-state index contributed by atoms with van der Waals surface area (Å²) in [6.07, 6.45) is 1.62. The fraction of sp³-hybridized carbons (Fsp3) is 0.182. The van der Waals surface area contributed by atoms with E-state index >= 15 is 0 Å². The normalized spacial score (nSPS) is 10.9. The van der Waals surface area contributed by atoms with E-state index in [0.717, 1.165) is 16.7 Å². The number of hydrogen-bond acceptors (Lipinski definition) is 2. The van der Waals surface area contributed by atoms with Crippen molar-refractivity contribution in [2.45, 2.75) is 26.3 Å². The van der Waals surface area contributed by atoms with Gasteiger partial charge in [-0.15, -0.1) is 0 Å². The Labute approximate surface area is 152 Å². The molecule has 1 N–H and O–H groups in total. The summed E-state index contributed by atoms with van der Waals surface area (Å²) in [5, 5.41) is 9.15. The van der Waals surface area contributed by atoms with Crippen LogP contribution in [0, 0.1) is 0 Å². The van der Waals surface area contributed by atoms with Gasteiger partial charge in [0.1, 0.15) is 5.56 Å². The highest BCUT2D eigenvalue weighted by Gasteiger charge is 2.12.